The van der Waals surface area contributed by atoms with Crippen LogP contribution in [-0.2, 0) is 5.41 Å². The fourth-order valence-electron chi connectivity index (χ4n) is 12.3. The van der Waals surface area contributed by atoms with Crippen molar-refractivity contribution in [2.45, 2.75) is 5.41 Å². The van der Waals surface area contributed by atoms with E-state index in [9.17, 15) is 0 Å². The molecule has 0 bridgehead atoms. The van der Waals surface area contributed by atoms with Crippen molar-refractivity contribution in [2.75, 3.05) is 4.90 Å². The van der Waals surface area contributed by atoms with Crippen LogP contribution < -0.4 is 4.90 Å². The van der Waals surface area contributed by atoms with E-state index in [-0.39, 0.29) is 0 Å². The van der Waals surface area contributed by atoms with Crippen molar-refractivity contribution in [1.82, 2.24) is 4.57 Å². The number of hydrogen-bond donors (Lipinski definition) is 0. The van der Waals surface area contributed by atoms with Gasteiger partial charge < -0.3 is 13.9 Å². The lowest BCUT2D eigenvalue weighted by atomic mass is 9.70. The molecule has 1 spiro atoms. The maximum atomic E-state index is 6.59. The summed E-state index contributed by atoms with van der Waals surface area (Å²) in [7, 11) is 0. The van der Waals surface area contributed by atoms with Crippen molar-refractivity contribution in [3.63, 3.8) is 0 Å². The maximum absolute atomic E-state index is 6.59. The average molecular weight is 865 g/mol. The van der Waals surface area contributed by atoms with Crippen LogP contribution in [0.3, 0.4) is 0 Å². The third-order valence-electron chi connectivity index (χ3n) is 15.0. The third-order valence-corrected chi connectivity index (χ3v) is 15.0. The highest BCUT2D eigenvalue weighted by Gasteiger charge is 2.52. The van der Waals surface area contributed by atoms with Crippen molar-refractivity contribution < 1.29 is 4.42 Å². The standard InChI is InChI=1S/C65H40N2O/c1-2-17-44(18-3-1)67-59-40-43(35-38-49(59)50-39-34-42-16-4-5-19-46(42)64(50)67)41-32-36-45(37-33-41)66(58-29-15-31-61-63(58)52-23-9-13-30-60(52)68-61)57-28-14-27-56-62(57)51-22-8-12-26-55(51)65(56)53-24-10-6-20-47(53)48-21-7-11-25-54(48)65/h1-40H. The predicted octanol–water partition coefficient (Wildman–Crippen LogP) is 17.3. The topological polar surface area (TPSA) is 21.3 Å². The Morgan fingerprint density at radius 1 is 0.382 bits per heavy atom. The summed E-state index contributed by atoms with van der Waals surface area (Å²) < 4.78 is 9.04. The smallest absolute Gasteiger partial charge is 0.137 e. The van der Waals surface area contributed by atoms with Gasteiger partial charge in [0.05, 0.1) is 33.2 Å². The van der Waals surface area contributed by atoms with Crippen LogP contribution in [0.1, 0.15) is 22.3 Å². The van der Waals surface area contributed by atoms with Crippen LogP contribution in [0.4, 0.5) is 17.1 Å². The molecule has 11 aromatic carbocycles. The highest BCUT2D eigenvalue weighted by atomic mass is 16.3. The normalized spacial score (nSPS) is 13.1. The second kappa shape index (κ2) is 14.0. The lowest BCUT2D eigenvalue weighted by Gasteiger charge is -2.32. The van der Waals surface area contributed by atoms with E-state index >= 15 is 0 Å². The first kappa shape index (κ1) is 37.3. The van der Waals surface area contributed by atoms with Crippen LogP contribution in [-0.4, -0.2) is 4.57 Å². The first-order valence-electron chi connectivity index (χ1n) is 23.5. The molecule has 0 fully saturated rings. The van der Waals surface area contributed by atoms with Gasteiger partial charge in [-0.2, -0.15) is 0 Å². The van der Waals surface area contributed by atoms with Crippen LogP contribution in [0.15, 0.2) is 247 Å². The summed E-state index contributed by atoms with van der Waals surface area (Å²) in [5.41, 5.74) is 20.8. The lowest BCUT2D eigenvalue weighted by molar-refractivity contribution is 0.669. The molecule has 2 heterocycles. The summed E-state index contributed by atoms with van der Waals surface area (Å²) in [6.45, 7) is 0. The predicted molar refractivity (Wildman–Crippen MR) is 282 cm³/mol. The monoisotopic (exact) mass is 864 g/mol. The van der Waals surface area contributed by atoms with Gasteiger partial charge in [-0.05, 0) is 110 Å². The second-order valence-electron chi connectivity index (χ2n) is 18.3. The highest BCUT2D eigenvalue weighted by Crippen LogP contribution is 2.65. The van der Waals surface area contributed by atoms with Crippen LogP contribution >= 0.6 is 0 Å². The van der Waals surface area contributed by atoms with Gasteiger partial charge in [-0.3, -0.25) is 0 Å². The summed E-state index contributed by atoms with van der Waals surface area (Å²) in [4.78, 5) is 2.48. The van der Waals surface area contributed by atoms with E-state index < -0.39 is 5.41 Å². The number of hydrogen-bond acceptors (Lipinski definition) is 2. The van der Waals surface area contributed by atoms with Gasteiger partial charge >= 0.3 is 0 Å². The molecule has 0 N–H and O–H groups in total. The minimum absolute atomic E-state index is 0.466. The van der Waals surface area contributed by atoms with Crippen molar-refractivity contribution >= 4 is 71.6 Å². The molecule has 2 aliphatic rings. The Morgan fingerprint density at radius 2 is 0.971 bits per heavy atom. The Kier molecular flexibility index (Phi) is 7.71. The molecule has 0 aliphatic heterocycles. The molecule has 0 radical (unpaired) electrons. The number of nitrogens with zero attached hydrogens (tertiary/aromatic N) is 2. The van der Waals surface area contributed by atoms with E-state index in [0.29, 0.717) is 0 Å². The number of para-hydroxylation sites is 2. The number of anilines is 3. The van der Waals surface area contributed by atoms with Gasteiger partial charge in [-0.15, -0.1) is 0 Å². The Bertz CT molecular complexity index is 4170. The molecule has 3 nitrogen and oxygen atoms in total. The minimum atomic E-state index is -0.466. The minimum Gasteiger partial charge on any atom is -0.456 e. The van der Waals surface area contributed by atoms with Crippen molar-refractivity contribution in [3.05, 3.63) is 265 Å². The zero-order chi connectivity index (χ0) is 44.5. The Labute approximate surface area is 393 Å². The van der Waals surface area contributed by atoms with E-state index in [1.54, 1.807) is 0 Å². The second-order valence-corrected chi connectivity index (χ2v) is 18.3. The van der Waals surface area contributed by atoms with Gasteiger partial charge in [-0.25, -0.2) is 0 Å². The fourth-order valence-corrected chi connectivity index (χ4v) is 12.3. The molecule has 316 valence electrons. The summed E-state index contributed by atoms with van der Waals surface area (Å²) in [5.74, 6) is 0. The van der Waals surface area contributed by atoms with Gasteiger partial charge in [0, 0.05) is 38.5 Å². The quantitative estimate of drug-likeness (QED) is 0.172. The van der Waals surface area contributed by atoms with Gasteiger partial charge in [0.2, 0.25) is 0 Å². The molecule has 2 aromatic heterocycles. The zero-order valence-corrected chi connectivity index (χ0v) is 36.9. The maximum Gasteiger partial charge on any atom is 0.137 e. The summed E-state index contributed by atoms with van der Waals surface area (Å²) in [6.07, 6.45) is 0. The molecule has 0 unspecified atom stereocenters. The highest BCUT2D eigenvalue weighted by molar-refractivity contribution is 6.19. The number of rotatable bonds is 5. The molecule has 0 saturated carbocycles. The van der Waals surface area contributed by atoms with Crippen LogP contribution in [0, 0.1) is 0 Å². The zero-order valence-electron chi connectivity index (χ0n) is 36.9. The van der Waals surface area contributed by atoms with Crippen LogP contribution in [0.2, 0.25) is 0 Å². The SMILES string of the molecule is c1ccc(-n2c3cc(-c4ccc(N(c5cccc6c5-c5ccccc5C65c6ccccc6-c6ccccc65)c5cccc6oc7ccccc7c56)cc4)ccc3c3ccc4ccccc4c32)cc1. The molecule has 0 amide bonds. The lowest BCUT2D eigenvalue weighted by Crippen LogP contribution is -2.26. The molecule has 68 heavy (non-hydrogen) atoms. The first-order chi connectivity index (χ1) is 33.8. The van der Waals surface area contributed by atoms with Crippen molar-refractivity contribution in [1.29, 1.82) is 0 Å². The number of fused-ring (bicyclic) bond motifs is 18. The Balaban J connectivity index is 0.960. The molecule has 2 aliphatic carbocycles. The molecule has 3 heteroatoms. The number of benzene rings is 11. The van der Waals surface area contributed by atoms with Crippen LogP contribution in [0.25, 0.3) is 93.6 Å². The molecular weight excluding hydrogens is 825 g/mol. The van der Waals surface area contributed by atoms with E-state index in [0.717, 1.165) is 55.8 Å². The summed E-state index contributed by atoms with van der Waals surface area (Å²) in [5, 5.41) is 7.17. The van der Waals surface area contributed by atoms with Gasteiger partial charge in [0.15, 0.2) is 0 Å². The van der Waals surface area contributed by atoms with Gasteiger partial charge in [-0.1, -0.05) is 188 Å². The molecule has 0 saturated heterocycles. The summed E-state index contributed by atoms with van der Waals surface area (Å²) in [6, 6.07) is 89.3. The van der Waals surface area contributed by atoms with E-state index in [1.165, 1.54) is 77.1 Å². The molecular formula is C65H40N2O. The van der Waals surface area contributed by atoms with Gasteiger partial charge in [0.1, 0.15) is 11.2 Å². The Hall–Kier alpha value is -8.92. The van der Waals surface area contributed by atoms with Crippen LogP contribution in [0.5, 0.6) is 0 Å². The van der Waals surface area contributed by atoms with Crippen molar-refractivity contribution in [2.24, 2.45) is 0 Å². The third kappa shape index (κ3) is 4.97. The van der Waals surface area contributed by atoms with Gasteiger partial charge in [0.25, 0.3) is 0 Å². The van der Waals surface area contributed by atoms with E-state index in [1.807, 2.05) is 0 Å². The van der Waals surface area contributed by atoms with Crippen molar-refractivity contribution in [3.8, 4) is 39.1 Å². The summed E-state index contributed by atoms with van der Waals surface area (Å²) >= 11 is 0. The largest absolute Gasteiger partial charge is 0.456 e. The average Bonchev–Trinajstić information content (AvgIpc) is 4.13. The number of furan rings is 1. The van der Waals surface area contributed by atoms with E-state index in [2.05, 4.69) is 252 Å². The Morgan fingerprint density at radius 3 is 1.76 bits per heavy atom. The molecule has 0 atom stereocenters. The number of aromatic nitrogens is 1. The fraction of sp³-hybridized carbons (Fsp3) is 0.0154. The molecule has 15 rings (SSSR count). The molecule has 13 aromatic rings. The first-order valence-corrected chi connectivity index (χ1v) is 23.5. The van der Waals surface area contributed by atoms with E-state index in [4.69, 9.17) is 4.42 Å².